The van der Waals surface area contributed by atoms with Crippen molar-refractivity contribution in [1.29, 1.82) is 0 Å². The molecule has 0 spiro atoms. The Kier molecular flexibility index (Phi) is 7.74. The molecule has 1 atom stereocenters. The number of aromatic hydroxyl groups is 1. The fraction of sp³-hybridized carbons (Fsp3) is 0.242. The van der Waals surface area contributed by atoms with Crippen LogP contribution in [-0.4, -0.2) is 42.8 Å². The molecule has 1 aliphatic carbocycles. The van der Waals surface area contributed by atoms with Gasteiger partial charge in [-0.05, 0) is 79.6 Å². The van der Waals surface area contributed by atoms with Crippen LogP contribution in [0.1, 0.15) is 37.3 Å². The summed E-state index contributed by atoms with van der Waals surface area (Å²) < 4.78 is 8.17. The number of aromatic nitrogens is 3. The van der Waals surface area contributed by atoms with Gasteiger partial charge in [-0.15, -0.1) is 0 Å². The third-order valence-electron chi connectivity index (χ3n) is 7.98. The van der Waals surface area contributed by atoms with Crippen LogP contribution in [0.5, 0.6) is 17.2 Å². The monoisotopic (exact) mass is 563 g/mol. The predicted molar refractivity (Wildman–Crippen MR) is 162 cm³/mol. The zero-order valence-electron chi connectivity index (χ0n) is 23.1. The molecule has 0 bridgehead atoms. The molecule has 214 valence electrons. The summed E-state index contributed by atoms with van der Waals surface area (Å²) in [6.07, 6.45) is 7.40. The van der Waals surface area contributed by atoms with Crippen molar-refractivity contribution in [2.75, 3.05) is 5.73 Å². The van der Waals surface area contributed by atoms with Crippen LogP contribution in [0.3, 0.4) is 0 Å². The first-order chi connectivity index (χ1) is 20.4. The number of aliphatic carboxylic acids is 1. The number of nitrogen functional groups attached to an aromatic ring is 1. The molecule has 3 aromatic carbocycles. The minimum absolute atomic E-state index is 0.0950. The number of anilines is 1. The summed E-state index contributed by atoms with van der Waals surface area (Å²) in [5.41, 5.74) is 10.0. The Balaban J connectivity index is 1.17. The van der Waals surface area contributed by atoms with Crippen LogP contribution in [0.2, 0.25) is 0 Å². The van der Waals surface area contributed by atoms with E-state index >= 15 is 0 Å². The van der Waals surface area contributed by atoms with E-state index in [1.54, 1.807) is 24.3 Å². The molecule has 0 amide bonds. The molecule has 5 aromatic rings. The molecule has 42 heavy (non-hydrogen) atoms. The number of carboxylic acids is 1. The number of phenols is 1. The number of nitrogens with two attached hydrogens (primary N) is 1. The SMILES string of the molecule is Nc1ncnc2c1c(-c1ccc(Oc3ccccc3)cc1)cn2C1CCC(N[C@@H](Cc2ccc(O)cc2)C(=O)O)CC1. The first kappa shape index (κ1) is 27.3. The van der Waals surface area contributed by atoms with Crippen molar-refractivity contribution >= 4 is 22.8 Å². The van der Waals surface area contributed by atoms with Crippen LogP contribution in [0.25, 0.3) is 22.2 Å². The maximum Gasteiger partial charge on any atom is 0.321 e. The Morgan fingerprint density at radius 1 is 0.952 bits per heavy atom. The molecule has 0 unspecified atom stereocenters. The van der Waals surface area contributed by atoms with Gasteiger partial charge in [-0.2, -0.15) is 0 Å². The lowest BCUT2D eigenvalue weighted by molar-refractivity contribution is -0.139. The lowest BCUT2D eigenvalue weighted by Crippen LogP contribution is -2.46. The summed E-state index contributed by atoms with van der Waals surface area (Å²) in [6.45, 7) is 0. The van der Waals surface area contributed by atoms with Gasteiger partial charge in [0.05, 0.1) is 5.39 Å². The number of carbonyl (C=O) groups is 1. The Hall–Kier alpha value is -4.89. The number of hydrogen-bond acceptors (Lipinski definition) is 7. The van der Waals surface area contributed by atoms with E-state index in [0.717, 1.165) is 64.9 Å². The summed E-state index contributed by atoms with van der Waals surface area (Å²) in [7, 11) is 0. The number of ether oxygens (including phenoxy) is 1. The van der Waals surface area contributed by atoms with E-state index in [0.29, 0.717) is 12.2 Å². The van der Waals surface area contributed by atoms with Crippen molar-refractivity contribution in [2.24, 2.45) is 0 Å². The summed E-state index contributed by atoms with van der Waals surface area (Å²) in [5, 5.41) is 23.6. The van der Waals surface area contributed by atoms with Crippen molar-refractivity contribution < 1.29 is 19.7 Å². The van der Waals surface area contributed by atoms with Gasteiger partial charge in [-0.3, -0.25) is 4.79 Å². The van der Waals surface area contributed by atoms with E-state index in [2.05, 4.69) is 26.0 Å². The molecule has 0 aliphatic heterocycles. The molecule has 6 rings (SSSR count). The fourth-order valence-electron chi connectivity index (χ4n) is 5.82. The van der Waals surface area contributed by atoms with E-state index in [1.165, 1.54) is 6.33 Å². The topological polar surface area (TPSA) is 136 Å². The van der Waals surface area contributed by atoms with E-state index in [1.807, 2.05) is 54.6 Å². The van der Waals surface area contributed by atoms with Crippen LogP contribution in [0, 0.1) is 0 Å². The molecule has 1 aliphatic rings. The lowest BCUT2D eigenvalue weighted by atomic mass is 9.90. The average Bonchev–Trinajstić information content (AvgIpc) is 3.40. The van der Waals surface area contributed by atoms with Gasteiger partial charge in [0.15, 0.2) is 0 Å². The number of phenolic OH excluding ortho intramolecular Hbond substituents is 1. The van der Waals surface area contributed by atoms with Crippen molar-refractivity contribution in [3.63, 3.8) is 0 Å². The molecule has 9 nitrogen and oxygen atoms in total. The highest BCUT2D eigenvalue weighted by atomic mass is 16.5. The van der Waals surface area contributed by atoms with Gasteiger partial charge in [0.1, 0.15) is 41.1 Å². The van der Waals surface area contributed by atoms with Gasteiger partial charge >= 0.3 is 5.97 Å². The number of nitrogens with one attached hydrogen (secondary N) is 1. The first-order valence-corrected chi connectivity index (χ1v) is 14.2. The average molecular weight is 564 g/mol. The molecule has 2 heterocycles. The number of benzene rings is 3. The van der Waals surface area contributed by atoms with Crippen LogP contribution >= 0.6 is 0 Å². The van der Waals surface area contributed by atoms with E-state index in [-0.39, 0.29) is 17.8 Å². The second-order valence-corrected chi connectivity index (χ2v) is 10.8. The summed E-state index contributed by atoms with van der Waals surface area (Å²) >= 11 is 0. The number of carboxylic acid groups (broad SMARTS) is 1. The maximum absolute atomic E-state index is 12.0. The number of rotatable bonds is 9. The van der Waals surface area contributed by atoms with Crippen molar-refractivity contribution in [3.8, 4) is 28.4 Å². The minimum Gasteiger partial charge on any atom is -0.508 e. The largest absolute Gasteiger partial charge is 0.508 e. The molecule has 0 saturated heterocycles. The number of hydrogen-bond donors (Lipinski definition) is 4. The summed E-state index contributed by atoms with van der Waals surface area (Å²) in [5.74, 6) is 1.25. The second-order valence-electron chi connectivity index (χ2n) is 10.8. The van der Waals surface area contributed by atoms with Crippen molar-refractivity contribution in [2.45, 2.75) is 50.2 Å². The Morgan fingerprint density at radius 3 is 2.33 bits per heavy atom. The van der Waals surface area contributed by atoms with Crippen LogP contribution < -0.4 is 15.8 Å². The number of fused-ring (bicyclic) bond motifs is 1. The number of para-hydroxylation sites is 1. The predicted octanol–water partition coefficient (Wildman–Crippen LogP) is 5.95. The molecule has 1 fully saturated rings. The zero-order valence-corrected chi connectivity index (χ0v) is 23.1. The molecule has 9 heteroatoms. The van der Waals surface area contributed by atoms with E-state index in [9.17, 15) is 15.0 Å². The molecule has 2 aromatic heterocycles. The molecule has 1 saturated carbocycles. The third-order valence-corrected chi connectivity index (χ3v) is 7.98. The van der Waals surface area contributed by atoms with E-state index in [4.69, 9.17) is 10.5 Å². The van der Waals surface area contributed by atoms with Crippen LogP contribution in [0.15, 0.2) is 91.4 Å². The summed E-state index contributed by atoms with van der Waals surface area (Å²) in [4.78, 5) is 20.9. The van der Waals surface area contributed by atoms with Crippen molar-refractivity contribution in [1.82, 2.24) is 19.9 Å². The molecule has 5 N–H and O–H groups in total. The normalized spacial score (nSPS) is 17.6. The van der Waals surface area contributed by atoms with Gasteiger partial charge in [0.2, 0.25) is 0 Å². The fourth-order valence-corrected chi connectivity index (χ4v) is 5.82. The standard InChI is InChI=1S/C33H33N5O4/c34-31-30-28(22-8-16-27(17-9-22)42-26-4-2-1-3-5-26)19-38(32(30)36-20-35-31)24-12-10-23(11-13-24)37-29(33(40)41)18-21-6-14-25(39)15-7-21/h1-9,14-17,19-20,23-24,29,37,39H,10-13,18H2,(H,40,41)(H2,34,35,36)/t23?,24?,29-/m0/s1. The lowest BCUT2D eigenvalue weighted by Gasteiger charge is -2.32. The third kappa shape index (κ3) is 5.91. The van der Waals surface area contributed by atoms with E-state index < -0.39 is 12.0 Å². The smallest absolute Gasteiger partial charge is 0.321 e. The molecule has 0 radical (unpaired) electrons. The number of nitrogens with zero attached hydrogens (tertiary/aromatic N) is 3. The van der Waals surface area contributed by atoms with Gasteiger partial charge in [-0.25, -0.2) is 9.97 Å². The molecular formula is C33H33N5O4. The minimum atomic E-state index is -0.876. The van der Waals surface area contributed by atoms with Gasteiger partial charge in [0, 0.05) is 23.8 Å². The zero-order chi connectivity index (χ0) is 29.1. The summed E-state index contributed by atoms with van der Waals surface area (Å²) in [6, 6.07) is 23.9. The van der Waals surface area contributed by atoms with Gasteiger partial charge in [0.25, 0.3) is 0 Å². The van der Waals surface area contributed by atoms with Crippen LogP contribution in [-0.2, 0) is 11.2 Å². The highest BCUT2D eigenvalue weighted by Gasteiger charge is 2.29. The van der Waals surface area contributed by atoms with Gasteiger partial charge in [-0.1, -0.05) is 42.5 Å². The highest BCUT2D eigenvalue weighted by Crippen LogP contribution is 2.39. The molecular weight excluding hydrogens is 530 g/mol. The Labute approximate surface area is 243 Å². The first-order valence-electron chi connectivity index (χ1n) is 14.2. The van der Waals surface area contributed by atoms with Crippen LogP contribution in [0.4, 0.5) is 5.82 Å². The Bertz CT molecular complexity index is 1660. The van der Waals surface area contributed by atoms with Crippen molar-refractivity contribution in [3.05, 3.63) is 97.0 Å². The quantitative estimate of drug-likeness (QED) is 0.173. The Morgan fingerprint density at radius 2 is 1.64 bits per heavy atom. The maximum atomic E-state index is 12.0. The second kappa shape index (κ2) is 11.9. The highest BCUT2D eigenvalue weighted by molar-refractivity contribution is 6.00. The van der Waals surface area contributed by atoms with Gasteiger partial charge < -0.3 is 30.6 Å².